The Balaban J connectivity index is 1.77. The first-order valence-corrected chi connectivity index (χ1v) is 8.17. The van der Waals surface area contributed by atoms with Gasteiger partial charge in [0.2, 0.25) is 0 Å². The number of carbonyl (C=O) groups excluding carboxylic acids is 1. The van der Waals surface area contributed by atoms with Gasteiger partial charge in [0, 0.05) is 22.0 Å². The van der Waals surface area contributed by atoms with Crippen LogP contribution in [0.2, 0.25) is 5.02 Å². The van der Waals surface area contributed by atoms with Crippen LogP contribution in [0.15, 0.2) is 53.9 Å². The van der Waals surface area contributed by atoms with Gasteiger partial charge in [-0.15, -0.1) is 11.3 Å². The summed E-state index contributed by atoms with van der Waals surface area (Å²) < 4.78 is 26.4. The van der Waals surface area contributed by atoms with Crippen LogP contribution in [0.3, 0.4) is 0 Å². The number of hydrogen-bond donors (Lipinski definition) is 0. The van der Waals surface area contributed by atoms with Gasteiger partial charge < -0.3 is 0 Å². The van der Waals surface area contributed by atoms with Crippen molar-refractivity contribution in [1.82, 2.24) is 4.98 Å². The molecule has 0 aliphatic carbocycles. The quantitative estimate of drug-likeness (QED) is 0.444. The summed E-state index contributed by atoms with van der Waals surface area (Å²) in [6.07, 6.45) is 2.72. The maximum atomic E-state index is 13.6. The van der Waals surface area contributed by atoms with E-state index in [1.165, 1.54) is 23.5 Å². The third kappa shape index (κ3) is 3.75. The number of ketones is 1. The molecular formula is C18H10ClF2NOS. The highest BCUT2D eigenvalue weighted by molar-refractivity contribution is 7.13. The van der Waals surface area contributed by atoms with E-state index in [-0.39, 0.29) is 5.56 Å². The van der Waals surface area contributed by atoms with Crippen molar-refractivity contribution in [2.24, 2.45) is 0 Å². The largest absolute Gasteiger partial charge is 0.289 e. The van der Waals surface area contributed by atoms with Crippen LogP contribution in [0.1, 0.15) is 16.1 Å². The molecule has 0 bridgehead atoms. The molecule has 0 aliphatic heterocycles. The third-order valence-corrected chi connectivity index (χ3v) is 4.38. The molecule has 0 atom stereocenters. The molecule has 120 valence electrons. The molecule has 0 N–H and O–H groups in total. The highest BCUT2D eigenvalue weighted by Gasteiger charge is 2.10. The van der Waals surface area contributed by atoms with Crippen molar-refractivity contribution in [2.75, 3.05) is 0 Å². The van der Waals surface area contributed by atoms with Gasteiger partial charge in [-0.25, -0.2) is 13.8 Å². The van der Waals surface area contributed by atoms with Crippen molar-refractivity contribution >= 4 is 34.8 Å². The fourth-order valence-corrected chi connectivity index (χ4v) is 2.95. The van der Waals surface area contributed by atoms with Gasteiger partial charge in [0.15, 0.2) is 5.78 Å². The SMILES string of the molecule is O=C(/C=C/c1csc(-c2ccc(Cl)cc2)n1)c1ccc(F)cc1F. The Morgan fingerprint density at radius 3 is 2.58 bits per heavy atom. The lowest BCUT2D eigenvalue weighted by atomic mass is 10.1. The summed E-state index contributed by atoms with van der Waals surface area (Å²) in [6.45, 7) is 0. The first-order valence-electron chi connectivity index (χ1n) is 6.92. The van der Waals surface area contributed by atoms with E-state index in [1.807, 2.05) is 12.1 Å². The van der Waals surface area contributed by atoms with Crippen LogP contribution in [-0.4, -0.2) is 10.8 Å². The number of benzene rings is 2. The lowest BCUT2D eigenvalue weighted by molar-refractivity contribution is 0.104. The zero-order valence-corrected chi connectivity index (χ0v) is 13.7. The van der Waals surface area contributed by atoms with E-state index in [1.54, 1.807) is 17.5 Å². The lowest BCUT2D eigenvalue weighted by Crippen LogP contribution is -1.99. The van der Waals surface area contributed by atoms with Gasteiger partial charge in [-0.05, 0) is 36.4 Å². The summed E-state index contributed by atoms with van der Waals surface area (Å²) >= 11 is 7.27. The monoisotopic (exact) mass is 361 g/mol. The molecule has 3 aromatic rings. The predicted octanol–water partition coefficient (Wildman–Crippen LogP) is 5.64. The summed E-state index contributed by atoms with van der Waals surface area (Å²) in [7, 11) is 0. The molecule has 0 saturated heterocycles. The van der Waals surface area contributed by atoms with Crippen LogP contribution in [-0.2, 0) is 0 Å². The van der Waals surface area contributed by atoms with E-state index in [9.17, 15) is 13.6 Å². The highest BCUT2D eigenvalue weighted by atomic mass is 35.5. The summed E-state index contributed by atoms with van der Waals surface area (Å²) in [5.74, 6) is -2.15. The summed E-state index contributed by atoms with van der Waals surface area (Å²) in [4.78, 5) is 16.4. The zero-order valence-electron chi connectivity index (χ0n) is 12.2. The second-order valence-electron chi connectivity index (χ2n) is 4.91. The van der Waals surface area contributed by atoms with Crippen molar-refractivity contribution in [3.63, 3.8) is 0 Å². The maximum Gasteiger partial charge on any atom is 0.188 e. The first kappa shape index (κ1) is 16.5. The summed E-state index contributed by atoms with van der Waals surface area (Å²) in [5.41, 5.74) is 1.32. The van der Waals surface area contributed by atoms with E-state index >= 15 is 0 Å². The number of rotatable bonds is 4. The number of hydrogen-bond acceptors (Lipinski definition) is 3. The van der Waals surface area contributed by atoms with Gasteiger partial charge in [-0.2, -0.15) is 0 Å². The van der Waals surface area contributed by atoms with Crippen molar-refractivity contribution in [1.29, 1.82) is 0 Å². The van der Waals surface area contributed by atoms with Crippen molar-refractivity contribution in [2.45, 2.75) is 0 Å². The number of carbonyl (C=O) groups is 1. The average Bonchev–Trinajstić information content (AvgIpc) is 3.02. The normalized spacial score (nSPS) is 11.1. The number of thiazole rings is 1. The molecule has 3 rings (SSSR count). The van der Waals surface area contributed by atoms with Gasteiger partial charge in [0.25, 0.3) is 0 Å². The first-order chi connectivity index (χ1) is 11.5. The Bertz CT molecular complexity index is 919. The standard InChI is InChI=1S/C18H10ClF2NOS/c19-12-3-1-11(2-4-12)18-22-14(10-24-18)6-8-17(23)15-7-5-13(20)9-16(15)21/h1-10H/b8-6+. The number of nitrogens with zero attached hydrogens (tertiary/aromatic N) is 1. The van der Waals surface area contributed by atoms with E-state index < -0.39 is 17.4 Å². The molecule has 1 heterocycles. The van der Waals surface area contributed by atoms with Crippen LogP contribution in [0.25, 0.3) is 16.6 Å². The molecule has 2 nitrogen and oxygen atoms in total. The predicted molar refractivity (Wildman–Crippen MR) is 92.3 cm³/mol. The van der Waals surface area contributed by atoms with Crippen LogP contribution < -0.4 is 0 Å². The molecule has 0 spiro atoms. The minimum absolute atomic E-state index is 0.180. The molecule has 0 unspecified atom stereocenters. The van der Waals surface area contributed by atoms with Gasteiger partial charge in [0.05, 0.1) is 11.3 Å². The third-order valence-electron chi connectivity index (χ3n) is 3.22. The minimum atomic E-state index is -0.884. The van der Waals surface area contributed by atoms with Gasteiger partial charge in [-0.3, -0.25) is 4.79 Å². The number of allylic oxidation sites excluding steroid dienone is 1. The van der Waals surface area contributed by atoms with Crippen molar-refractivity contribution < 1.29 is 13.6 Å². The average molecular weight is 362 g/mol. The molecular weight excluding hydrogens is 352 g/mol. The Hall–Kier alpha value is -2.37. The molecule has 0 radical (unpaired) electrons. The minimum Gasteiger partial charge on any atom is -0.289 e. The summed E-state index contributed by atoms with van der Waals surface area (Å²) in [5, 5.41) is 3.21. The van der Waals surface area contributed by atoms with Crippen molar-refractivity contribution in [3.05, 3.63) is 81.8 Å². The molecule has 1 aromatic heterocycles. The Kier molecular flexibility index (Phi) is 4.83. The number of halogens is 3. The van der Waals surface area contributed by atoms with E-state index in [0.29, 0.717) is 16.8 Å². The Morgan fingerprint density at radius 1 is 1.12 bits per heavy atom. The molecule has 0 aliphatic rings. The van der Waals surface area contributed by atoms with Crippen LogP contribution >= 0.6 is 22.9 Å². The highest BCUT2D eigenvalue weighted by Crippen LogP contribution is 2.25. The van der Waals surface area contributed by atoms with E-state index in [0.717, 1.165) is 22.7 Å². The van der Waals surface area contributed by atoms with Gasteiger partial charge >= 0.3 is 0 Å². The van der Waals surface area contributed by atoms with Gasteiger partial charge in [-0.1, -0.05) is 23.7 Å². The van der Waals surface area contributed by atoms with Crippen molar-refractivity contribution in [3.8, 4) is 10.6 Å². The van der Waals surface area contributed by atoms with Crippen LogP contribution in [0.5, 0.6) is 0 Å². The van der Waals surface area contributed by atoms with Crippen LogP contribution in [0.4, 0.5) is 8.78 Å². The van der Waals surface area contributed by atoms with E-state index in [4.69, 9.17) is 11.6 Å². The fourth-order valence-electron chi connectivity index (χ4n) is 2.03. The molecule has 0 saturated carbocycles. The fraction of sp³-hybridized carbons (Fsp3) is 0. The number of aromatic nitrogens is 1. The Morgan fingerprint density at radius 2 is 1.88 bits per heavy atom. The van der Waals surface area contributed by atoms with E-state index in [2.05, 4.69) is 4.98 Å². The molecule has 2 aromatic carbocycles. The molecule has 24 heavy (non-hydrogen) atoms. The van der Waals surface area contributed by atoms with Gasteiger partial charge in [0.1, 0.15) is 16.6 Å². The molecule has 0 fully saturated rings. The topological polar surface area (TPSA) is 30.0 Å². The molecule has 6 heteroatoms. The van der Waals surface area contributed by atoms with Crippen LogP contribution in [0, 0.1) is 11.6 Å². The maximum absolute atomic E-state index is 13.6. The molecule has 0 amide bonds. The zero-order chi connectivity index (χ0) is 17.1. The summed E-state index contributed by atoms with van der Waals surface area (Å²) in [6, 6.07) is 10.1. The smallest absolute Gasteiger partial charge is 0.188 e. The second-order valence-corrected chi connectivity index (χ2v) is 6.20. The Labute approximate surface area is 146 Å². The second kappa shape index (κ2) is 7.03. The lowest BCUT2D eigenvalue weighted by Gasteiger charge is -1.98.